The number of benzene rings is 1. The first-order valence-electron chi connectivity index (χ1n) is 6.30. The number of halogens is 1. The zero-order valence-corrected chi connectivity index (χ0v) is 13.3. The van der Waals surface area contributed by atoms with Crippen LogP contribution >= 0.6 is 15.9 Å². The summed E-state index contributed by atoms with van der Waals surface area (Å²) in [4.78, 5) is 0. The van der Waals surface area contributed by atoms with E-state index in [2.05, 4.69) is 67.9 Å². The number of ether oxygens (including phenoxy) is 2. The van der Waals surface area contributed by atoms with Gasteiger partial charge >= 0.3 is 0 Å². The smallest absolute Gasteiger partial charge is 0.0922 e. The van der Waals surface area contributed by atoms with Crippen LogP contribution in [0.1, 0.15) is 38.0 Å². The Balaban J connectivity index is 2.43. The summed E-state index contributed by atoms with van der Waals surface area (Å²) in [7, 11) is 0. The van der Waals surface area contributed by atoms with E-state index in [1.165, 1.54) is 11.1 Å². The average Bonchev–Trinajstić information content (AvgIpc) is 2.27. The molecule has 0 amide bonds. The molecule has 0 saturated heterocycles. The summed E-state index contributed by atoms with van der Waals surface area (Å²) in [6, 6.07) is 8.42. The number of hydrogen-bond acceptors (Lipinski definition) is 2. The van der Waals surface area contributed by atoms with Gasteiger partial charge in [-0.15, -0.1) is 0 Å². The van der Waals surface area contributed by atoms with E-state index in [-0.39, 0.29) is 11.7 Å². The van der Waals surface area contributed by atoms with Gasteiger partial charge < -0.3 is 9.47 Å². The van der Waals surface area contributed by atoms with Gasteiger partial charge in [0.25, 0.3) is 0 Å². The Hall–Kier alpha value is -0.380. The van der Waals surface area contributed by atoms with Crippen LogP contribution < -0.4 is 0 Å². The third-order valence-corrected chi connectivity index (χ3v) is 3.08. The van der Waals surface area contributed by atoms with Gasteiger partial charge in [0.2, 0.25) is 0 Å². The second kappa shape index (κ2) is 7.27. The SMILES string of the molecule is Cc1cccc(C(CBr)OCCOC(C)(C)C)c1. The molecule has 1 unspecified atom stereocenters. The molecule has 1 atom stereocenters. The number of alkyl halides is 1. The molecule has 0 fully saturated rings. The molecule has 0 aliphatic heterocycles. The highest BCUT2D eigenvalue weighted by atomic mass is 79.9. The van der Waals surface area contributed by atoms with Gasteiger partial charge in [0.1, 0.15) is 0 Å². The molecule has 0 spiro atoms. The summed E-state index contributed by atoms with van der Waals surface area (Å²) in [5.74, 6) is 0. The first-order chi connectivity index (χ1) is 8.42. The van der Waals surface area contributed by atoms with Crippen LogP contribution in [0.3, 0.4) is 0 Å². The van der Waals surface area contributed by atoms with Crippen LogP contribution in [0.15, 0.2) is 24.3 Å². The van der Waals surface area contributed by atoms with Crippen molar-refractivity contribution in [2.45, 2.75) is 39.4 Å². The summed E-state index contributed by atoms with van der Waals surface area (Å²) in [6.45, 7) is 9.48. The lowest BCUT2D eigenvalue weighted by Crippen LogP contribution is -2.22. The summed E-state index contributed by atoms with van der Waals surface area (Å²) in [5, 5.41) is 0.798. The highest BCUT2D eigenvalue weighted by Gasteiger charge is 2.13. The van der Waals surface area contributed by atoms with E-state index in [4.69, 9.17) is 9.47 Å². The molecule has 0 aromatic heterocycles. The van der Waals surface area contributed by atoms with Crippen molar-refractivity contribution in [3.63, 3.8) is 0 Å². The molecule has 0 saturated carbocycles. The zero-order valence-electron chi connectivity index (χ0n) is 11.7. The lowest BCUT2D eigenvalue weighted by atomic mass is 10.1. The second-order valence-electron chi connectivity index (χ2n) is 5.39. The minimum absolute atomic E-state index is 0.0912. The van der Waals surface area contributed by atoms with Crippen LogP contribution in [0.25, 0.3) is 0 Å². The maximum Gasteiger partial charge on any atom is 0.0922 e. The van der Waals surface area contributed by atoms with Crippen molar-refractivity contribution in [2.24, 2.45) is 0 Å². The van der Waals surface area contributed by atoms with Crippen LogP contribution in [0.2, 0.25) is 0 Å². The normalized spacial score (nSPS) is 13.6. The van der Waals surface area contributed by atoms with Crippen molar-refractivity contribution < 1.29 is 9.47 Å². The molecule has 102 valence electrons. The minimum Gasteiger partial charge on any atom is -0.373 e. The number of aryl methyl sites for hydroxylation is 1. The lowest BCUT2D eigenvalue weighted by molar-refractivity contribution is -0.0480. The fraction of sp³-hybridized carbons (Fsp3) is 0.600. The van der Waals surface area contributed by atoms with Gasteiger partial charge in [-0.25, -0.2) is 0 Å². The van der Waals surface area contributed by atoms with E-state index >= 15 is 0 Å². The average molecular weight is 315 g/mol. The van der Waals surface area contributed by atoms with Crippen molar-refractivity contribution in [1.82, 2.24) is 0 Å². The molecular formula is C15H23BrO2. The monoisotopic (exact) mass is 314 g/mol. The van der Waals surface area contributed by atoms with Gasteiger partial charge in [-0.2, -0.15) is 0 Å². The standard InChI is InChI=1S/C15H23BrO2/c1-12-6-5-7-13(10-12)14(11-16)17-8-9-18-15(2,3)4/h5-7,10,14H,8-9,11H2,1-4H3. The van der Waals surface area contributed by atoms with Gasteiger partial charge in [-0.1, -0.05) is 45.8 Å². The molecule has 1 aromatic carbocycles. The summed E-state index contributed by atoms with van der Waals surface area (Å²) >= 11 is 3.50. The van der Waals surface area contributed by atoms with E-state index in [1.54, 1.807) is 0 Å². The van der Waals surface area contributed by atoms with Gasteiger partial charge in [0.05, 0.1) is 24.9 Å². The molecule has 0 bridgehead atoms. The Labute approximate surface area is 119 Å². The summed E-state index contributed by atoms with van der Waals surface area (Å²) in [6.07, 6.45) is 0.0912. The van der Waals surface area contributed by atoms with Crippen molar-refractivity contribution in [1.29, 1.82) is 0 Å². The van der Waals surface area contributed by atoms with Crippen LogP contribution in [-0.2, 0) is 9.47 Å². The Morgan fingerprint density at radius 3 is 2.50 bits per heavy atom. The van der Waals surface area contributed by atoms with Gasteiger partial charge in [-0.3, -0.25) is 0 Å². The molecule has 1 rings (SSSR count). The summed E-state index contributed by atoms with van der Waals surface area (Å²) < 4.78 is 11.5. The van der Waals surface area contributed by atoms with Crippen LogP contribution in [0.4, 0.5) is 0 Å². The van der Waals surface area contributed by atoms with E-state index in [0.717, 1.165) is 5.33 Å². The molecule has 18 heavy (non-hydrogen) atoms. The maximum atomic E-state index is 5.86. The van der Waals surface area contributed by atoms with E-state index in [0.29, 0.717) is 13.2 Å². The van der Waals surface area contributed by atoms with E-state index < -0.39 is 0 Å². The first-order valence-corrected chi connectivity index (χ1v) is 7.42. The molecule has 0 heterocycles. The Morgan fingerprint density at radius 2 is 1.94 bits per heavy atom. The highest BCUT2D eigenvalue weighted by Crippen LogP contribution is 2.20. The summed E-state index contributed by atoms with van der Waals surface area (Å²) in [5.41, 5.74) is 2.37. The molecule has 0 N–H and O–H groups in total. The van der Waals surface area contributed by atoms with Gasteiger partial charge in [0, 0.05) is 5.33 Å². The van der Waals surface area contributed by atoms with Crippen molar-refractivity contribution in [3.05, 3.63) is 35.4 Å². The second-order valence-corrected chi connectivity index (χ2v) is 6.04. The highest BCUT2D eigenvalue weighted by molar-refractivity contribution is 9.09. The first kappa shape index (κ1) is 15.7. The maximum absolute atomic E-state index is 5.86. The van der Waals surface area contributed by atoms with Gasteiger partial charge in [0.15, 0.2) is 0 Å². The van der Waals surface area contributed by atoms with Gasteiger partial charge in [-0.05, 0) is 33.3 Å². The predicted octanol–water partition coefficient (Wildman–Crippen LogP) is 4.26. The third-order valence-electron chi connectivity index (χ3n) is 2.49. The number of hydrogen-bond donors (Lipinski definition) is 0. The van der Waals surface area contributed by atoms with Crippen molar-refractivity contribution in [2.75, 3.05) is 18.5 Å². The van der Waals surface area contributed by atoms with E-state index in [1.807, 2.05) is 0 Å². The minimum atomic E-state index is -0.101. The van der Waals surface area contributed by atoms with Crippen LogP contribution in [-0.4, -0.2) is 24.1 Å². The van der Waals surface area contributed by atoms with Crippen LogP contribution in [0.5, 0.6) is 0 Å². The quantitative estimate of drug-likeness (QED) is 0.577. The molecule has 0 radical (unpaired) electrons. The molecule has 2 nitrogen and oxygen atoms in total. The fourth-order valence-corrected chi connectivity index (χ4v) is 2.20. The molecule has 3 heteroatoms. The number of rotatable bonds is 6. The zero-order chi connectivity index (χ0) is 13.6. The third kappa shape index (κ3) is 5.98. The van der Waals surface area contributed by atoms with E-state index in [9.17, 15) is 0 Å². The van der Waals surface area contributed by atoms with Crippen molar-refractivity contribution >= 4 is 15.9 Å². The Morgan fingerprint density at radius 1 is 1.22 bits per heavy atom. The Bertz CT molecular complexity index is 358. The molecular weight excluding hydrogens is 292 g/mol. The Kier molecular flexibility index (Phi) is 6.33. The predicted molar refractivity (Wildman–Crippen MR) is 79.4 cm³/mol. The molecule has 0 aliphatic carbocycles. The molecule has 0 aliphatic rings. The van der Waals surface area contributed by atoms with Crippen LogP contribution in [0, 0.1) is 6.92 Å². The lowest BCUT2D eigenvalue weighted by Gasteiger charge is -2.21. The largest absolute Gasteiger partial charge is 0.373 e. The van der Waals surface area contributed by atoms with Crippen molar-refractivity contribution in [3.8, 4) is 0 Å². The molecule has 1 aromatic rings. The fourth-order valence-electron chi connectivity index (χ4n) is 1.64. The topological polar surface area (TPSA) is 18.5 Å².